The molecule has 0 spiro atoms. The highest BCUT2D eigenvalue weighted by molar-refractivity contribution is 5.68. The zero-order chi connectivity index (χ0) is 16.7. The summed E-state index contributed by atoms with van der Waals surface area (Å²) in [5, 5.41) is 3.51. The van der Waals surface area contributed by atoms with Gasteiger partial charge in [-0.15, -0.1) is 0 Å². The normalized spacial score (nSPS) is 16.4. The molecule has 2 rings (SSSR count). The van der Waals surface area contributed by atoms with E-state index >= 15 is 0 Å². The van der Waals surface area contributed by atoms with Gasteiger partial charge in [0.2, 0.25) is 0 Å². The van der Waals surface area contributed by atoms with E-state index in [9.17, 15) is 4.79 Å². The maximum Gasteiger partial charge on any atom is 0.410 e. The fraction of sp³-hybridized carbons (Fsp3) is 0.667. The molecule has 0 unspecified atom stereocenters. The predicted molar refractivity (Wildman–Crippen MR) is 91.3 cm³/mol. The number of hydrogen-bond acceptors (Lipinski definition) is 4. The van der Waals surface area contributed by atoms with E-state index in [-0.39, 0.29) is 6.09 Å². The van der Waals surface area contributed by atoms with Crippen LogP contribution in [0.15, 0.2) is 24.4 Å². The van der Waals surface area contributed by atoms with Crippen LogP contribution in [0, 0.1) is 5.92 Å². The number of rotatable bonds is 5. The van der Waals surface area contributed by atoms with Crippen molar-refractivity contribution in [2.75, 3.05) is 26.2 Å². The van der Waals surface area contributed by atoms with Gasteiger partial charge >= 0.3 is 6.09 Å². The number of likely N-dealkylation sites (tertiary alicyclic amines) is 1. The van der Waals surface area contributed by atoms with Crippen molar-refractivity contribution in [3.63, 3.8) is 0 Å². The van der Waals surface area contributed by atoms with Crippen molar-refractivity contribution in [1.29, 1.82) is 0 Å². The number of hydrogen-bond donors (Lipinski definition) is 1. The molecule has 1 saturated heterocycles. The lowest BCUT2D eigenvalue weighted by Crippen LogP contribution is -2.43. The standard InChI is InChI=1S/C18H29N3O2/c1-18(2,3)23-17(22)21-12-8-15(9-13-21)14-19-11-7-16-6-4-5-10-20-16/h4-6,10,15,19H,7-9,11-14H2,1-3H3. The van der Waals surface area contributed by atoms with Gasteiger partial charge in [0.15, 0.2) is 0 Å². The molecule has 1 aromatic rings. The van der Waals surface area contributed by atoms with Crippen LogP contribution in [0.3, 0.4) is 0 Å². The summed E-state index contributed by atoms with van der Waals surface area (Å²) in [5.41, 5.74) is 0.709. The third-order valence-corrected chi connectivity index (χ3v) is 3.98. The molecule has 0 radical (unpaired) electrons. The number of carbonyl (C=O) groups is 1. The van der Waals surface area contributed by atoms with Crippen LogP contribution in [0.25, 0.3) is 0 Å². The quantitative estimate of drug-likeness (QED) is 0.848. The molecule has 128 valence electrons. The Balaban J connectivity index is 1.60. The predicted octanol–water partition coefficient (Wildman–Crippen LogP) is 2.86. The summed E-state index contributed by atoms with van der Waals surface area (Å²) >= 11 is 0. The minimum Gasteiger partial charge on any atom is -0.444 e. The highest BCUT2D eigenvalue weighted by Gasteiger charge is 2.26. The highest BCUT2D eigenvalue weighted by Crippen LogP contribution is 2.19. The summed E-state index contributed by atoms with van der Waals surface area (Å²) < 4.78 is 5.42. The van der Waals surface area contributed by atoms with Crippen LogP contribution in [0.2, 0.25) is 0 Å². The van der Waals surface area contributed by atoms with Crippen molar-refractivity contribution in [3.8, 4) is 0 Å². The second-order valence-electron chi connectivity index (χ2n) is 7.19. The first-order valence-corrected chi connectivity index (χ1v) is 8.52. The zero-order valence-corrected chi connectivity index (χ0v) is 14.5. The van der Waals surface area contributed by atoms with E-state index in [0.29, 0.717) is 5.92 Å². The zero-order valence-electron chi connectivity index (χ0n) is 14.5. The average molecular weight is 319 g/mol. The summed E-state index contributed by atoms with van der Waals surface area (Å²) in [4.78, 5) is 18.2. The number of carbonyl (C=O) groups excluding carboxylic acids is 1. The number of nitrogens with zero attached hydrogens (tertiary/aromatic N) is 2. The molecule has 1 fully saturated rings. The van der Waals surface area contributed by atoms with Gasteiger partial charge in [0.05, 0.1) is 0 Å². The molecule has 1 aliphatic heterocycles. The van der Waals surface area contributed by atoms with E-state index in [2.05, 4.69) is 16.4 Å². The Bertz CT molecular complexity index is 477. The molecule has 5 nitrogen and oxygen atoms in total. The van der Waals surface area contributed by atoms with E-state index in [0.717, 1.165) is 51.1 Å². The highest BCUT2D eigenvalue weighted by atomic mass is 16.6. The molecule has 1 aromatic heterocycles. The summed E-state index contributed by atoms with van der Waals surface area (Å²) in [6, 6.07) is 6.02. The van der Waals surface area contributed by atoms with Crippen LogP contribution in [0.5, 0.6) is 0 Å². The Hall–Kier alpha value is -1.62. The van der Waals surface area contributed by atoms with Crippen molar-refractivity contribution in [1.82, 2.24) is 15.2 Å². The van der Waals surface area contributed by atoms with Crippen molar-refractivity contribution in [2.24, 2.45) is 5.92 Å². The van der Waals surface area contributed by atoms with Gasteiger partial charge in [-0.05, 0) is 58.2 Å². The topological polar surface area (TPSA) is 54.5 Å². The van der Waals surface area contributed by atoms with E-state index in [1.807, 2.05) is 44.0 Å². The summed E-state index contributed by atoms with van der Waals surface area (Å²) in [6.07, 6.45) is 4.68. The minimum atomic E-state index is -0.416. The van der Waals surface area contributed by atoms with Gasteiger partial charge in [-0.2, -0.15) is 0 Å². The number of amides is 1. The van der Waals surface area contributed by atoms with Gasteiger partial charge in [-0.1, -0.05) is 6.07 Å². The molecule has 5 heteroatoms. The number of pyridine rings is 1. The molecule has 2 heterocycles. The molecule has 0 atom stereocenters. The first kappa shape index (κ1) is 17.7. The maximum atomic E-state index is 12.0. The largest absolute Gasteiger partial charge is 0.444 e. The van der Waals surface area contributed by atoms with Gasteiger partial charge in [0, 0.05) is 37.9 Å². The molecule has 0 saturated carbocycles. The van der Waals surface area contributed by atoms with E-state index in [4.69, 9.17) is 4.74 Å². The SMILES string of the molecule is CC(C)(C)OC(=O)N1CCC(CNCCc2ccccn2)CC1. The fourth-order valence-corrected chi connectivity index (χ4v) is 2.71. The van der Waals surface area contributed by atoms with Crippen molar-refractivity contribution < 1.29 is 9.53 Å². The second kappa shape index (κ2) is 8.29. The smallest absolute Gasteiger partial charge is 0.410 e. The average Bonchev–Trinajstić information content (AvgIpc) is 2.51. The third kappa shape index (κ3) is 6.57. The lowest BCUT2D eigenvalue weighted by Gasteiger charge is -2.33. The molecular weight excluding hydrogens is 290 g/mol. The third-order valence-electron chi connectivity index (χ3n) is 3.98. The maximum absolute atomic E-state index is 12.0. The van der Waals surface area contributed by atoms with Crippen molar-refractivity contribution >= 4 is 6.09 Å². The first-order chi connectivity index (χ1) is 10.9. The van der Waals surface area contributed by atoms with Gasteiger partial charge in [-0.3, -0.25) is 4.98 Å². The monoisotopic (exact) mass is 319 g/mol. The lowest BCUT2D eigenvalue weighted by atomic mass is 9.97. The number of ether oxygens (including phenoxy) is 1. The summed E-state index contributed by atoms with van der Waals surface area (Å²) in [6.45, 7) is 9.26. The molecule has 1 aliphatic rings. The van der Waals surface area contributed by atoms with Crippen LogP contribution >= 0.6 is 0 Å². The minimum absolute atomic E-state index is 0.181. The number of nitrogens with one attached hydrogen (secondary N) is 1. The van der Waals surface area contributed by atoms with E-state index < -0.39 is 5.60 Å². The number of aromatic nitrogens is 1. The van der Waals surface area contributed by atoms with Crippen LogP contribution in [-0.4, -0.2) is 47.8 Å². The summed E-state index contributed by atoms with van der Waals surface area (Å²) in [7, 11) is 0. The summed E-state index contributed by atoms with van der Waals surface area (Å²) in [5.74, 6) is 0.636. The lowest BCUT2D eigenvalue weighted by molar-refractivity contribution is 0.0184. The fourth-order valence-electron chi connectivity index (χ4n) is 2.71. The molecular formula is C18H29N3O2. The van der Waals surface area contributed by atoms with Gasteiger partial charge in [0.25, 0.3) is 0 Å². The van der Waals surface area contributed by atoms with Crippen molar-refractivity contribution in [2.45, 2.75) is 45.6 Å². The van der Waals surface area contributed by atoms with Crippen LogP contribution in [0.4, 0.5) is 4.79 Å². The van der Waals surface area contributed by atoms with Gasteiger partial charge < -0.3 is 15.0 Å². The Kier molecular flexibility index (Phi) is 6.39. The Morgan fingerprint density at radius 1 is 1.35 bits per heavy atom. The van der Waals surface area contributed by atoms with Crippen LogP contribution in [0.1, 0.15) is 39.3 Å². The number of piperidine rings is 1. The molecule has 1 amide bonds. The second-order valence-corrected chi connectivity index (χ2v) is 7.19. The molecule has 0 bridgehead atoms. The first-order valence-electron chi connectivity index (χ1n) is 8.52. The molecule has 23 heavy (non-hydrogen) atoms. The van der Waals surface area contributed by atoms with Gasteiger partial charge in [0.1, 0.15) is 5.60 Å². The van der Waals surface area contributed by atoms with Crippen molar-refractivity contribution in [3.05, 3.63) is 30.1 Å². The van der Waals surface area contributed by atoms with E-state index in [1.54, 1.807) is 0 Å². The molecule has 0 aliphatic carbocycles. The molecule has 1 N–H and O–H groups in total. The van der Waals surface area contributed by atoms with Crippen LogP contribution < -0.4 is 5.32 Å². The van der Waals surface area contributed by atoms with E-state index in [1.165, 1.54) is 0 Å². The van der Waals surface area contributed by atoms with Gasteiger partial charge in [-0.25, -0.2) is 4.79 Å². The van der Waals surface area contributed by atoms with Crippen LogP contribution in [-0.2, 0) is 11.2 Å². The molecule has 0 aromatic carbocycles. The Morgan fingerprint density at radius 2 is 2.09 bits per heavy atom. The Morgan fingerprint density at radius 3 is 2.70 bits per heavy atom. The Labute approximate surface area is 139 Å².